The molecule has 0 aliphatic rings. The zero-order valence-corrected chi connectivity index (χ0v) is 11.2. The summed E-state index contributed by atoms with van der Waals surface area (Å²) in [5, 5.41) is 3.54. The van der Waals surface area contributed by atoms with Gasteiger partial charge in [-0.15, -0.1) is 11.3 Å². The van der Waals surface area contributed by atoms with Crippen molar-refractivity contribution in [3.63, 3.8) is 0 Å². The molecule has 0 fully saturated rings. The number of nitrogens with one attached hydrogen (secondary N) is 1. The molecule has 1 aromatic rings. The zero-order valence-electron chi connectivity index (χ0n) is 8.85. The van der Waals surface area contributed by atoms with E-state index in [1.165, 1.54) is 27.9 Å². The number of rotatable bonds is 6. The van der Waals surface area contributed by atoms with Crippen LogP contribution in [-0.2, 0) is 6.54 Å². The van der Waals surface area contributed by atoms with Crippen LogP contribution in [0.1, 0.15) is 38.0 Å². The van der Waals surface area contributed by atoms with Gasteiger partial charge in [0, 0.05) is 17.5 Å². The second-order valence-electron chi connectivity index (χ2n) is 3.63. The van der Waals surface area contributed by atoms with Gasteiger partial charge < -0.3 is 5.32 Å². The van der Waals surface area contributed by atoms with Crippen molar-refractivity contribution < 1.29 is 0 Å². The summed E-state index contributed by atoms with van der Waals surface area (Å²) in [5.41, 5.74) is 0. The fourth-order valence-electron chi connectivity index (χ4n) is 1.33. The van der Waals surface area contributed by atoms with E-state index in [4.69, 9.17) is 0 Å². The minimum atomic E-state index is 0.635. The standard InChI is InChI=1S/C11H18BrNS/c1-3-4-5-9(2)13-8-10-6-7-11(12)14-10/h6-7,9,13H,3-5,8H2,1-2H3. The topological polar surface area (TPSA) is 12.0 Å². The van der Waals surface area contributed by atoms with Crippen LogP contribution < -0.4 is 5.32 Å². The second-order valence-corrected chi connectivity index (χ2v) is 6.18. The van der Waals surface area contributed by atoms with E-state index in [1.807, 2.05) is 11.3 Å². The lowest BCUT2D eigenvalue weighted by Gasteiger charge is -2.11. The third kappa shape index (κ3) is 4.58. The van der Waals surface area contributed by atoms with Crippen molar-refractivity contribution >= 4 is 27.3 Å². The average molecular weight is 276 g/mol. The number of thiophene rings is 1. The van der Waals surface area contributed by atoms with Crippen LogP contribution in [0.25, 0.3) is 0 Å². The number of halogens is 1. The molecular weight excluding hydrogens is 258 g/mol. The van der Waals surface area contributed by atoms with Crippen LogP contribution in [-0.4, -0.2) is 6.04 Å². The molecule has 0 aromatic carbocycles. The monoisotopic (exact) mass is 275 g/mol. The SMILES string of the molecule is CCCCC(C)NCc1ccc(Br)s1. The summed E-state index contributed by atoms with van der Waals surface area (Å²) in [6.45, 7) is 5.50. The average Bonchev–Trinajstić information content (AvgIpc) is 2.58. The van der Waals surface area contributed by atoms with Crippen molar-refractivity contribution in [2.75, 3.05) is 0 Å². The van der Waals surface area contributed by atoms with Gasteiger partial charge in [0.1, 0.15) is 0 Å². The van der Waals surface area contributed by atoms with Crippen LogP contribution in [0.3, 0.4) is 0 Å². The Balaban J connectivity index is 2.20. The molecule has 1 atom stereocenters. The fraction of sp³-hybridized carbons (Fsp3) is 0.636. The second kappa shape index (κ2) is 6.59. The summed E-state index contributed by atoms with van der Waals surface area (Å²) in [7, 11) is 0. The van der Waals surface area contributed by atoms with E-state index >= 15 is 0 Å². The molecule has 0 saturated carbocycles. The van der Waals surface area contributed by atoms with E-state index < -0.39 is 0 Å². The van der Waals surface area contributed by atoms with Gasteiger partial charge in [0.05, 0.1) is 3.79 Å². The van der Waals surface area contributed by atoms with E-state index in [0.29, 0.717) is 6.04 Å². The minimum absolute atomic E-state index is 0.635. The molecule has 1 unspecified atom stereocenters. The number of unbranched alkanes of at least 4 members (excludes halogenated alkanes) is 1. The van der Waals surface area contributed by atoms with E-state index in [2.05, 4.69) is 47.2 Å². The van der Waals surface area contributed by atoms with E-state index in [1.54, 1.807) is 0 Å². The van der Waals surface area contributed by atoms with Crippen LogP contribution in [0, 0.1) is 0 Å². The third-order valence-electron chi connectivity index (χ3n) is 2.24. The summed E-state index contributed by atoms with van der Waals surface area (Å²) in [6.07, 6.45) is 3.89. The van der Waals surface area contributed by atoms with Gasteiger partial charge in [-0.2, -0.15) is 0 Å². The van der Waals surface area contributed by atoms with Gasteiger partial charge in [-0.05, 0) is 41.4 Å². The molecule has 0 saturated heterocycles. The van der Waals surface area contributed by atoms with Gasteiger partial charge >= 0.3 is 0 Å². The zero-order chi connectivity index (χ0) is 10.4. The molecule has 3 heteroatoms. The Kier molecular flexibility index (Phi) is 5.75. The minimum Gasteiger partial charge on any atom is -0.309 e. The van der Waals surface area contributed by atoms with E-state index in [9.17, 15) is 0 Å². The normalized spacial score (nSPS) is 13.1. The van der Waals surface area contributed by atoms with Crippen LogP contribution >= 0.6 is 27.3 Å². The predicted molar refractivity (Wildman–Crippen MR) is 67.8 cm³/mol. The highest BCUT2D eigenvalue weighted by Crippen LogP contribution is 2.21. The van der Waals surface area contributed by atoms with Crippen molar-refractivity contribution in [2.45, 2.75) is 45.7 Å². The van der Waals surface area contributed by atoms with Gasteiger partial charge in [-0.25, -0.2) is 0 Å². The van der Waals surface area contributed by atoms with E-state index in [0.717, 1.165) is 6.54 Å². The molecule has 0 spiro atoms. The van der Waals surface area contributed by atoms with Gasteiger partial charge in [-0.3, -0.25) is 0 Å². The lowest BCUT2D eigenvalue weighted by Crippen LogP contribution is -2.24. The largest absolute Gasteiger partial charge is 0.309 e. The summed E-state index contributed by atoms with van der Waals surface area (Å²) < 4.78 is 1.22. The maximum atomic E-state index is 3.54. The molecule has 1 rings (SSSR count). The van der Waals surface area contributed by atoms with Crippen molar-refractivity contribution in [1.82, 2.24) is 5.32 Å². The Labute approximate surface area is 99.0 Å². The van der Waals surface area contributed by atoms with Gasteiger partial charge in [0.2, 0.25) is 0 Å². The molecule has 1 heterocycles. The maximum Gasteiger partial charge on any atom is 0.0701 e. The number of hydrogen-bond acceptors (Lipinski definition) is 2. The van der Waals surface area contributed by atoms with Crippen LogP contribution in [0.2, 0.25) is 0 Å². The Morgan fingerprint density at radius 3 is 2.86 bits per heavy atom. The van der Waals surface area contributed by atoms with Crippen molar-refractivity contribution in [3.05, 3.63) is 20.8 Å². The first-order chi connectivity index (χ1) is 6.72. The quantitative estimate of drug-likeness (QED) is 0.822. The molecule has 14 heavy (non-hydrogen) atoms. The third-order valence-corrected chi connectivity index (χ3v) is 3.87. The van der Waals surface area contributed by atoms with Gasteiger partial charge in [0.25, 0.3) is 0 Å². The Hall–Kier alpha value is 0.140. The molecule has 0 amide bonds. The maximum absolute atomic E-state index is 3.54. The van der Waals surface area contributed by atoms with Crippen molar-refractivity contribution in [3.8, 4) is 0 Å². The lowest BCUT2D eigenvalue weighted by molar-refractivity contribution is 0.497. The molecule has 0 radical (unpaired) electrons. The highest BCUT2D eigenvalue weighted by Gasteiger charge is 2.02. The molecule has 80 valence electrons. The highest BCUT2D eigenvalue weighted by atomic mass is 79.9. The molecular formula is C11H18BrNS. The predicted octanol–water partition coefficient (Wildman–Crippen LogP) is 4.18. The van der Waals surface area contributed by atoms with Crippen LogP contribution in [0.15, 0.2) is 15.9 Å². The van der Waals surface area contributed by atoms with Crippen LogP contribution in [0.4, 0.5) is 0 Å². The Morgan fingerprint density at radius 2 is 2.29 bits per heavy atom. The first-order valence-corrected chi connectivity index (χ1v) is 6.81. The van der Waals surface area contributed by atoms with Crippen molar-refractivity contribution in [2.24, 2.45) is 0 Å². The molecule has 1 aromatic heterocycles. The summed E-state index contributed by atoms with van der Waals surface area (Å²) in [4.78, 5) is 1.40. The lowest BCUT2D eigenvalue weighted by atomic mass is 10.1. The van der Waals surface area contributed by atoms with E-state index in [-0.39, 0.29) is 0 Å². The first kappa shape index (κ1) is 12.2. The Bertz CT molecular complexity index is 260. The summed E-state index contributed by atoms with van der Waals surface area (Å²) in [5.74, 6) is 0. The first-order valence-electron chi connectivity index (χ1n) is 5.20. The van der Waals surface area contributed by atoms with Crippen LogP contribution in [0.5, 0.6) is 0 Å². The molecule has 0 bridgehead atoms. The van der Waals surface area contributed by atoms with Gasteiger partial charge in [0.15, 0.2) is 0 Å². The Morgan fingerprint density at radius 1 is 1.50 bits per heavy atom. The molecule has 0 aliphatic carbocycles. The smallest absolute Gasteiger partial charge is 0.0701 e. The number of hydrogen-bond donors (Lipinski definition) is 1. The molecule has 1 nitrogen and oxygen atoms in total. The van der Waals surface area contributed by atoms with Gasteiger partial charge in [-0.1, -0.05) is 19.8 Å². The summed E-state index contributed by atoms with van der Waals surface area (Å²) >= 11 is 5.28. The van der Waals surface area contributed by atoms with Crippen molar-refractivity contribution in [1.29, 1.82) is 0 Å². The molecule has 0 aliphatic heterocycles. The fourth-order valence-corrected chi connectivity index (χ4v) is 2.77. The molecule has 1 N–H and O–H groups in total. The summed E-state index contributed by atoms with van der Waals surface area (Å²) in [6, 6.07) is 4.92. The highest BCUT2D eigenvalue weighted by molar-refractivity contribution is 9.11.